The third-order valence-electron chi connectivity index (χ3n) is 6.73. The van der Waals surface area contributed by atoms with Gasteiger partial charge >= 0.3 is 11.5 Å². The molecule has 38 heavy (non-hydrogen) atoms. The number of rotatable bonds is 28. The normalized spacial score (nSPS) is 15.2. The monoisotopic (exact) mass is 580 g/mol. The zero-order chi connectivity index (χ0) is 28.5. The van der Waals surface area contributed by atoms with Gasteiger partial charge < -0.3 is 23.9 Å². The van der Waals surface area contributed by atoms with Gasteiger partial charge in [-0.1, -0.05) is 104 Å². The molecule has 0 aliphatic heterocycles. The second-order valence-corrected chi connectivity index (χ2v) is 13.2. The van der Waals surface area contributed by atoms with Gasteiger partial charge in [0.1, 0.15) is 8.46 Å². The summed E-state index contributed by atoms with van der Waals surface area (Å²) in [6.07, 6.45) is 21.3. The van der Waals surface area contributed by atoms with Crippen LogP contribution in [0.2, 0.25) is 0 Å². The van der Waals surface area contributed by atoms with Gasteiger partial charge in [-0.15, -0.1) is 0 Å². The molecular weight excluding hydrogens is 519 g/mol. The van der Waals surface area contributed by atoms with Crippen LogP contribution in [0.1, 0.15) is 144 Å². The molecule has 0 radical (unpaired) electrons. The highest BCUT2D eigenvalue weighted by Crippen LogP contribution is 2.26. The highest BCUT2D eigenvalue weighted by molar-refractivity contribution is 7.99. The lowest BCUT2D eigenvalue weighted by molar-refractivity contribution is -0.199. The summed E-state index contributed by atoms with van der Waals surface area (Å²) in [5, 5.41) is 10.7. The van der Waals surface area contributed by atoms with E-state index in [2.05, 4.69) is 32.5 Å². The van der Waals surface area contributed by atoms with Crippen molar-refractivity contribution in [1.29, 1.82) is 0 Å². The number of hydrogen-bond acceptors (Lipinski definition) is 7. The van der Waals surface area contributed by atoms with Crippen LogP contribution in [0.3, 0.4) is 0 Å². The molecule has 4 unspecified atom stereocenters. The van der Waals surface area contributed by atoms with Crippen molar-refractivity contribution in [3.05, 3.63) is 0 Å². The van der Waals surface area contributed by atoms with Crippen LogP contribution in [0.5, 0.6) is 0 Å². The van der Waals surface area contributed by atoms with Crippen LogP contribution < -0.4 is 0 Å². The first-order chi connectivity index (χ1) is 18.3. The fourth-order valence-corrected chi connectivity index (χ4v) is 6.04. The molecule has 0 rings (SSSR count). The smallest absolute Gasteiger partial charge is 0.374 e. The van der Waals surface area contributed by atoms with Gasteiger partial charge in [0, 0.05) is 11.9 Å². The maximum Gasteiger partial charge on any atom is 0.374 e. The van der Waals surface area contributed by atoms with Crippen molar-refractivity contribution in [1.82, 2.24) is 0 Å². The van der Waals surface area contributed by atoms with Crippen molar-refractivity contribution in [2.24, 2.45) is 0 Å². The van der Waals surface area contributed by atoms with Gasteiger partial charge in [-0.05, 0) is 45.8 Å². The van der Waals surface area contributed by atoms with Crippen molar-refractivity contribution in [3.8, 4) is 0 Å². The maximum atomic E-state index is 12.0. The van der Waals surface area contributed by atoms with E-state index in [1.54, 1.807) is 13.8 Å². The minimum Gasteiger partial charge on any atom is -0.459 e. The average molecular weight is 581 g/mol. The first-order valence-corrected chi connectivity index (χ1v) is 17.7. The molecule has 6 nitrogen and oxygen atoms in total. The van der Waals surface area contributed by atoms with Gasteiger partial charge in [0.25, 0.3) is 0 Å². The van der Waals surface area contributed by atoms with E-state index in [1.807, 2.05) is 0 Å². The third kappa shape index (κ3) is 20.8. The van der Waals surface area contributed by atoms with Crippen molar-refractivity contribution >= 4 is 26.2 Å². The van der Waals surface area contributed by atoms with Crippen LogP contribution in [0.25, 0.3) is 0 Å². The Kier molecular flexibility index (Phi) is 25.8. The molecule has 0 aliphatic rings. The second-order valence-electron chi connectivity index (χ2n) is 10.8. The van der Waals surface area contributed by atoms with Crippen molar-refractivity contribution in [3.63, 3.8) is 0 Å². The largest absolute Gasteiger partial charge is 0.459 e. The molecule has 0 saturated heterocycles. The molecule has 0 heterocycles. The predicted molar refractivity (Wildman–Crippen MR) is 164 cm³/mol. The van der Waals surface area contributed by atoms with Gasteiger partial charge in [-0.2, -0.15) is 11.8 Å². The molecule has 0 aromatic heterocycles. The number of ether oxygens (including phenoxy) is 3. The van der Waals surface area contributed by atoms with Gasteiger partial charge in [-0.25, -0.2) is 4.79 Å². The van der Waals surface area contributed by atoms with Gasteiger partial charge in [0.15, 0.2) is 0 Å². The van der Waals surface area contributed by atoms with Gasteiger partial charge in [-0.3, -0.25) is 0 Å². The summed E-state index contributed by atoms with van der Waals surface area (Å²) in [7, 11) is -1.88. The Labute approximate surface area is 240 Å². The number of hydrogen-bond donors (Lipinski definition) is 1. The molecule has 0 aromatic rings. The van der Waals surface area contributed by atoms with Gasteiger partial charge in [0.2, 0.25) is 0 Å². The lowest BCUT2D eigenvalue weighted by Crippen LogP contribution is -2.39. The van der Waals surface area contributed by atoms with Crippen molar-refractivity contribution in [2.75, 3.05) is 19.0 Å². The summed E-state index contributed by atoms with van der Waals surface area (Å²) < 4.78 is 27.8. The molecule has 0 fully saturated rings. The van der Waals surface area contributed by atoms with Crippen molar-refractivity contribution in [2.45, 2.75) is 167 Å². The highest BCUT2D eigenvalue weighted by atomic mass is 32.2. The molecule has 4 atom stereocenters. The van der Waals surface area contributed by atoms with Crippen LogP contribution in [-0.2, 0) is 23.6 Å². The zero-order valence-electron chi connectivity index (χ0n) is 25.3. The Morgan fingerprint density at radius 1 is 0.789 bits per heavy atom. The quantitative estimate of drug-likeness (QED) is 0.0430. The summed E-state index contributed by atoms with van der Waals surface area (Å²) in [5.74, 6) is 0.198. The number of esters is 1. The number of carbonyl (C=O) groups excluding carboxylic acids is 1. The van der Waals surface area contributed by atoms with E-state index < -0.39 is 26.1 Å². The summed E-state index contributed by atoms with van der Waals surface area (Å²) in [6, 6.07) is 0. The number of aliphatic hydroxyl groups is 1. The maximum absolute atomic E-state index is 12.0. The van der Waals surface area contributed by atoms with E-state index in [0.29, 0.717) is 18.3 Å². The highest BCUT2D eigenvalue weighted by Gasteiger charge is 2.38. The molecule has 8 heteroatoms. The van der Waals surface area contributed by atoms with Gasteiger partial charge in [0.05, 0.1) is 18.8 Å². The predicted octanol–water partition coefficient (Wildman–Crippen LogP) is 8.54. The van der Waals surface area contributed by atoms with Crippen molar-refractivity contribution < 1.29 is 28.7 Å². The molecule has 0 bridgehead atoms. The summed E-state index contributed by atoms with van der Waals surface area (Å²) in [6.45, 7) is 10.6. The van der Waals surface area contributed by atoms with E-state index in [0.717, 1.165) is 0 Å². The molecule has 0 amide bonds. The SMILES string of the molecule is CCCCCCCCCCSC(CCCCCCCCC)C(C)OCCCOC(O)([PH2]=O)C(=O)OC(C)C. The van der Waals surface area contributed by atoms with E-state index in [-0.39, 0.29) is 12.7 Å². The molecule has 0 aromatic carbocycles. The lowest BCUT2D eigenvalue weighted by Gasteiger charge is -2.25. The van der Waals surface area contributed by atoms with E-state index in [4.69, 9.17) is 14.2 Å². The Hall–Kier alpha value is -0.0700. The Bertz CT molecular complexity index is 565. The Morgan fingerprint density at radius 2 is 1.32 bits per heavy atom. The summed E-state index contributed by atoms with van der Waals surface area (Å²) in [5.41, 5.74) is -2.35. The number of thioether (sulfide) groups is 1. The Morgan fingerprint density at radius 3 is 1.84 bits per heavy atom. The third-order valence-corrected chi connectivity index (χ3v) is 9.03. The Balaban J connectivity index is 4.41. The molecule has 228 valence electrons. The number of unbranched alkanes of at least 4 members (excludes halogenated alkanes) is 13. The topological polar surface area (TPSA) is 82.1 Å². The fraction of sp³-hybridized carbons (Fsp3) is 0.967. The summed E-state index contributed by atoms with van der Waals surface area (Å²) >= 11 is 2.06. The van der Waals surface area contributed by atoms with Crippen LogP contribution in [-0.4, -0.2) is 53.0 Å². The molecule has 0 spiro atoms. The second kappa shape index (κ2) is 25.9. The fourth-order valence-electron chi connectivity index (χ4n) is 4.33. The molecule has 0 saturated carbocycles. The standard InChI is InChI=1S/C30H61O6PS/c1-6-8-10-12-14-16-18-20-25-38-28(22-19-17-15-13-11-9-7-2)27(5)34-23-21-24-35-30(32,37-33)29(31)36-26(3)4/h26-28,32H,6-25,37H2,1-5H3. The molecular formula is C30H61O6PS. The van der Waals surface area contributed by atoms with Crippen LogP contribution >= 0.6 is 20.2 Å². The van der Waals surface area contributed by atoms with E-state index >= 15 is 0 Å². The van der Waals surface area contributed by atoms with E-state index in [9.17, 15) is 14.5 Å². The van der Waals surface area contributed by atoms with E-state index in [1.165, 1.54) is 108 Å². The van der Waals surface area contributed by atoms with Crippen LogP contribution in [0.15, 0.2) is 0 Å². The van der Waals surface area contributed by atoms with Crippen LogP contribution in [0.4, 0.5) is 0 Å². The first kappa shape index (κ1) is 37.9. The lowest BCUT2D eigenvalue weighted by atomic mass is 10.1. The first-order valence-electron chi connectivity index (χ1n) is 15.6. The minimum absolute atomic E-state index is 0.0828. The minimum atomic E-state index is -2.35. The molecule has 1 N–H and O–H groups in total. The zero-order valence-corrected chi connectivity index (χ0v) is 27.3. The van der Waals surface area contributed by atoms with Crippen LogP contribution in [0, 0.1) is 0 Å². The summed E-state index contributed by atoms with van der Waals surface area (Å²) in [4.78, 5) is 12.0. The molecule has 0 aliphatic carbocycles. The average Bonchev–Trinajstić information content (AvgIpc) is 2.89. The number of carbonyl (C=O) groups is 1.